The zero-order chi connectivity index (χ0) is 14.1. The molecule has 0 saturated carbocycles. The number of carbonyl (C=O) groups excluding carboxylic acids is 1. The molecule has 1 aliphatic rings. The number of benzene rings is 1. The van der Waals surface area contributed by atoms with Gasteiger partial charge in [0.25, 0.3) is 5.91 Å². The summed E-state index contributed by atoms with van der Waals surface area (Å²) in [5.41, 5.74) is 5.23. The fourth-order valence-corrected chi connectivity index (χ4v) is 2.40. The van der Waals surface area contributed by atoms with E-state index in [0.29, 0.717) is 12.2 Å². The summed E-state index contributed by atoms with van der Waals surface area (Å²) < 4.78 is 1.70. The normalized spacial score (nSPS) is 12.7. The highest BCUT2D eigenvalue weighted by Crippen LogP contribution is 2.17. The minimum Gasteiger partial charge on any atom is -0.347 e. The van der Waals surface area contributed by atoms with Crippen molar-refractivity contribution < 1.29 is 4.79 Å². The Morgan fingerprint density at radius 1 is 1.33 bits per heavy atom. The van der Waals surface area contributed by atoms with Crippen LogP contribution in [0.5, 0.6) is 0 Å². The van der Waals surface area contributed by atoms with Crippen LogP contribution in [0.3, 0.4) is 0 Å². The van der Waals surface area contributed by atoms with Crippen molar-refractivity contribution in [3.05, 3.63) is 52.3 Å². The van der Waals surface area contributed by atoms with Crippen molar-refractivity contribution in [2.24, 2.45) is 7.05 Å². The molecule has 2 heterocycles. The molecule has 21 heavy (non-hydrogen) atoms. The Labute approximate surface area is 130 Å². The molecule has 0 radical (unpaired) electrons. The molecular formula is C15H19ClN4O. The summed E-state index contributed by atoms with van der Waals surface area (Å²) in [6.45, 7) is 4.31. The third kappa shape index (κ3) is 3.25. The summed E-state index contributed by atoms with van der Waals surface area (Å²) in [7, 11) is 1.83. The summed E-state index contributed by atoms with van der Waals surface area (Å²) >= 11 is 0. The number of halogens is 1. The second-order valence-corrected chi connectivity index (χ2v) is 5.18. The zero-order valence-corrected chi connectivity index (χ0v) is 13.0. The van der Waals surface area contributed by atoms with Crippen LogP contribution in [-0.4, -0.2) is 15.7 Å². The largest absolute Gasteiger partial charge is 0.347 e. The highest BCUT2D eigenvalue weighted by atomic mass is 35.5. The van der Waals surface area contributed by atoms with Gasteiger partial charge >= 0.3 is 0 Å². The van der Waals surface area contributed by atoms with Crippen molar-refractivity contribution in [1.29, 1.82) is 0 Å². The van der Waals surface area contributed by atoms with E-state index in [9.17, 15) is 4.79 Å². The molecule has 0 atom stereocenters. The average Bonchev–Trinajstić information content (AvgIpc) is 3.03. The van der Waals surface area contributed by atoms with E-state index >= 15 is 0 Å². The molecule has 0 aliphatic carbocycles. The number of nitrogens with one attached hydrogen (secondary N) is 2. The van der Waals surface area contributed by atoms with Gasteiger partial charge in [-0.2, -0.15) is 5.10 Å². The van der Waals surface area contributed by atoms with Crippen LogP contribution >= 0.6 is 12.4 Å². The predicted molar refractivity (Wildman–Crippen MR) is 83.3 cm³/mol. The van der Waals surface area contributed by atoms with Gasteiger partial charge in [-0.25, -0.2) is 0 Å². The lowest BCUT2D eigenvalue weighted by Gasteiger charge is -2.05. The summed E-state index contributed by atoms with van der Waals surface area (Å²) in [5, 5.41) is 10.4. The molecule has 0 fully saturated rings. The Morgan fingerprint density at radius 3 is 2.81 bits per heavy atom. The molecule has 0 spiro atoms. The summed E-state index contributed by atoms with van der Waals surface area (Å²) in [5.74, 6) is -0.132. The van der Waals surface area contributed by atoms with E-state index in [0.717, 1.165) is 24.3 Å². The van der Waals surface area contributed by atoms with Gasteiger partial charge in [0.1, 0.15) is 5.69 Å². The molecule has 3 rings (SSSR count). The minimum atomic E-state index is -0.132. The molecule has 1 aromatic heterocycles. The zero-order valence-electron chi connectivity index (χ0n) is 12.1. The molecule has 0 unspecified atom stereocenters. The van der Waals surface area contributed by atoms with Crippen molar-refractivity contribution in [1.82, 2.24) is 20.4 Å². The first kappa shape index (κ1) is 15.5. The van der Waals surface area contributed by atoms with Gasteiger partial charge in [-0.05, 0) is 29.7 Å². The van der Waals surface area contributed by atoms with Gasteiger partial charge in [0.2, 0.25) is 0 Å². The van der Waals surface area contributed by atoms with Gasteiger partial charge in [0.15, 0.2) is 0 Å². The maximum Gasteiger partial charge on any atom is 0.272 e. The van der Waals surface area contributed by atoms with Crippen molar-refractivity contribution >= 4 is 18.3 Å². The number of aromatic nitrogens is 2. The van der Waals surface area contributed by atoms with Crippen LogP contribution in [0.2, 0.25) is 0 Å². The first-order valence-electron chi connectivity index (χ1n) is 6.74. The molecule has 6 heteroatoms. The summed E-state index contributed by atoms with van der Waals surface area (Å²) in [6, 6.07) is 8.14. The van der Waals surface area contributed by atoms with Crippen LogP contribution in [0.15, 0.2) is 24.3 Å². The van der Waals surface area contributed by atoms with Crippen LogP contribution < -0.4 is 10.6 Å². The van der Waals surface area contributed by atoms with E-state index in [2.05, 4.69) is 33.9 Å². The number of aryl methyl sites for hydroxylation is 2. The lowest BCUT2D eigenvalue weighted by molar-refractivity contribution is 0.0945. The number of rotatable bonds is 3. The second-order valence-electron chi connectivity index (χ2n) is 5.18. The van der Waals surface area contributed by atoms with Crippen molar-refractivity contribution in [3.63, 3.8) is 0 Å². The molecule has 1 amide bonds. The Kier molecular flexibility index (Phi) is 4.65. The molecule has 0 saturated heterocycles. The van der Waals surface area contributed by atoms with Crippen molar-refractivity contribution in [2.45, 2.75) is 26.6 Å². The van der Waals surface area contributed by atoms with Crippen LogP contribution in [0.4, 0.5) is 0 Å². The van der Waals surface area contributed by atoms with Crippen LogP contribution in [0.25, 0.3) is 0 Å². The van der Waals surface area contributed by atoms with Gasteiger partial charge in [-0.15, -0.1) is 12.4 Å². The molecule has 1 aliphatic heterocycles. The van der Waals surface area contributed by atoms with Crippen LogP contribution in [0, 0.1) is 6.92 Å². The van der Waals surface area contributed by atoms with Crippen molar-refractivity contribution in [3.8, 4) is 0 Å². The predicted octanol–water partition coefficient (Wildman–Crippen LogP) is 1.68. The summed E-state index contributed by atoms with van der Waals surface area (Å²) in [4.78, 5) is 12.0. The Morgan fingerprint density at radius 2 is 2.10 bits per heavy atom. The second kappa shape index (κ2) is 6.28. The molecule has 5 nitrogen and oxygen atoms in total. The standard InChI is InChI=1S/C15H18N4O.ClH/c1-10-5-14(18-19(10)2)15(20)17-7-11-3-4-12-8-16-9-13(12)6-11;/h3-6,16H,7-9H2,1-2H3,(H,17,20);1H. The summed E-state index contributed by atoms with van der Waals surface area (Å²) in [6.07, 6.45) is 0. The van der Waals surface area contributed by atoms with E-state index in [1.807, 2.05) is 14.0 Å². The highest BCUT2D eigenvalue weighted by Gasteiger charge is 2.12. The maximum atomic E-state index is 12.0. The van der Waals surface area contributed by atoms with Crippen LogP contribution in [-0.2, 0) is 26.7 Å². The third-order valence-electron chi connectivity index (χ3n) is 3.70. The third-order valence-corrected chi connectivity index (χ3v) is 3.70. The molecule has 0 bridgehead atoms. The Bertz CT molecular complexity index is 646. The smallest absolute Gasteiger partial charge is 0.272 e. The Balaban J connectivity index is 0.00000161. The van der Waals surface area contributed by atoms with Gasteiger partial charge in [-0.1, -0.05) is 18.2 Å². The van der Waals surface area contributed by atoms with Crippen LogP contribution in [0.1, 0.15) is 32.9 Å². The number of hydrogen-bond acceptors (Lipinski definition) is 3. The fourth-order valence-electron chi connectivity index (χ4n) is 2.40. The lowest BCUT2D eigenvalue weighted by atomic mass is 10.1. The topological polar surface area (TPSA) is 59.0 Å². The number of carbonyl (C=O) groups is 1. The monoisotopic (exact) mass is 306 g/mol. The molecule has 112 valence electrons. The fraction of sp³-hybridized carbons (Fsp3) is 0.333. The number of nitrogens with zero attached hydrogens (tertiary/aromatic N) is 2. The van der Waals surface area contributed by atoms with E-state index < -0.39 is 0 Å². The van der Waals surface area contributed by atoms with Crippen molar-refractivity contribution in [2.75, 3.05) is 0 Å². The van der Waals surface area contributed by atoms with E-state index in [4.69, 9.17) is 0 Å². The average molecular weight is 307 g/mol. The molecule has 2 N–H and O–H groups in total. The van der Waals surface area contributed by atoms with E-state index in [1.54, 1.807) is 10.7 Å². The number of hydrogen-bond donors (Lipinski definition) is 2. The lowest BCUT2D eigenvalue weighted by Crippen LogP contribution is -2.23. The quantitative estimate of drug-likeness (QED) is 0.907. The van der Waals surface area contributed by atoms with E-state index in [1.165, 1.54) is 11.1 Å². The maximum absolute atomic E-state index is 12.0. The molecular weight excluding hydrogens is 288 g/mol. The number of fused-ring (bicyclic) bond motifs is 1. The molecule has 2 aromatic rings. The molecule has 1 aromatic carbocycles. The first-order valence-corrected chi connectivity index (χ1v) is 6.74. The van der Waals surface area contributed by atoms with Gasteiger partial charge in [-0.3, -0.25) is 9.48 Å². The van der Waals surface area contributed by atoms with E-state index in [-0.39, 0.29) is 18.3 Å². The minimum absolute atomic E-state index is 0. The SMILES string of the molecule is Cc1cc(C(=O)NCc2ccc3c(c2)CNC3)nn1C.Cl. The highest BCUT2D eigenvalue weighted by molar-refractivity contribution is 5.92. The first-order chi connectivity index (χ1) is 9.63. The van der Waals surface area contributed by atoms with Gasteiger partial charge < -0.3 is 10.6 Å². The number of amides is 1. The van der Waals surface area contributed by atoms with Gasteiger partial charge in [0, 0.05) is 32.4 Å². The van der Waals surface area contributed by atoms with Gasteiger partial charge in [0.05, 0.1) is 0 Å². The Hall–Kier alpha value is -1.85.